The van der Waals surface area contributed by atoms with Crippen LogP contribution in [0.2, 0.25) is 0 Å². The second-order valence-electron chi connectivity index (χ2n) is 8.17. The molecule has 0 saturated carbocycles. The standard InChI is InChI=1S/C20H20FN7OS2.ClH/c1-26(15-6-12-2-3-13(7-15)23-12)19-24-17-18(30-19)25-20(31-17)27-5-4-14(8-16(27)29)28-10-11(21)9-22-28;/h4-5,8-10,12-13,15,23H,2-3,6-7H2,1H3;1H/t12-,13+,15?;. The molecule has 12 heteroatoms. The van der Waals surface area contributed by atoms with Crippen molar-refractivity contribution in [3.05, 3.63) is 46.9 Å². The number of hydrogen-bond donors (Lipinski definition) is 1. The van der Waals surface area contributed by atoms with Gasteiger partial charge in [-0.05, 0) is 31.7 Å². The lowest BCUT2D eigenvalue weighted by Gasteiger charge is -2.35. The van der Waals surface area contributed by atoms with Crippen LogP contribution in [-0.2, 0) is 0 Å². The van der Waals surface area contributed by atoms with E-state index in [9.17, 15) is 9.18 Å². The van der Waals surface area contributed by atoms with Gasteiger partial charge in [0.25, 0.3) is 5.56 Å². The van der Waals surface area contributed by atoms with E-state index in [2.05, 4.69) is 27.3 Å². The molecule has 0 aromatic carbocycles. The number of halogens is 2. The van der Waals surface area contributed by atoms with Crippen LogP contribution in [-0.4, -0.2) is 49.5 Å². The van der Waals surface area contributed by atoms with Crippen LogP contribution < -0.4 is 15.8 Å². The third kappa shape index (κ3) is 3.72. The Morgan fingerprint density at radius 1 is 1.19 bits per heavy atom. The lowest BCUT2D eigenvalue weighted by molar-refractivity contribution is 0.354. The van der Waals surface area contributed by atoms with Crippen molar-refractivity contribution in [2.24, 2.45) is 0 Å². The first-order valence-corrected chi connectivity index (χ1v) is 11.9. The van der Waals surface area contributed by atoms with E-state index < -0.39 is 5.82 Å². The first kappa shape index (κ1) is 21.5. The third-order valence-electron chi connectivity index (χ3n) is 6.18. The van der Waals surface area contributed by atoms with Gasteiger partial charge in [-0.3, -0.25) is 9.36 Å². The predicted molar refractivity (Wildman–Crippen MR) is 127 cm³/mol. The molecule has 1 N–H and O–H groups in total. The van der Waals surface area contributed by atoms with Gasteiger partial charge in [-0.15, -0.1) is 12.4 Å². The molecule has 6 rings (SSSR count). The zero-order valence-corrected chi connectivity index (χ0v) is 19.6. The van der Waals surface area contributed by atoms with Crippen molar-refractivity contribution < 1.29 is 4.39 Å². The number of hydrogen-bond acceptors (Lipinski definition) is 8. The minimum atomic E-state index is -0.451. The fraction of sp³-hybridized carbons (Fsp3) is 0.400. The van der Waals surface area contributed by atoms with Gasteiger partial charge in [0.05, 0.1) is 18.1 Å². The first-order valence-electron chi connectivity index (χ1n) is 10.2. The van der Waals surface area contributed by atoms with Gasteiger partial charge in [-0.2, -0.15) is 5.10 Å². The minimum absolute atomic E-state index is 0. The zero-order chi connectivity index (χ0) is 21.1. The summed E-state index contributed by atoms with van der Waals surface area (Å²) in [6.45, 7) is 0. The average molecular weight is 494 g/mol. The monoisotopic (exact) mass is 493 g/mol. The summed E-state index contributed by atoms with van der Waals surface area (Å²) in [5, 5.41) is 9.14. The van der Waals surface area contributed by atoms with Crippen molar-refractivity contribution in [3.63, 3.8) is 0 Å². The molecule has 0 radical (unpaired) electrons. The van der Waals surface area contributed by atoms with E-state index in [1.54, 1.807) is 23.6 Å². The largest absolute Gasteiger partial charge is 0.348 e. The molecule has 0 spiro atoms. The molecule has 4 aromatic heterocycles. The van der Waals surface area contributed by atoms with Gasteiger partial charge >= 0.3 is 0 Å². The summed E-state index contributed by atoms with van der Waals surface area (Å²) in [5.41, 5.74) is 0.249. The highest BCUT2D eigenvalue weighted by molar-refractivity contribution is 7.29. The van der Waals surface area contributed by atoms with Crippen molar-refractivity contribution in [3.8, 4) is 10.8 Å². The lowest BCUT2D eigenvalue weighted by Crippen LogP contribution is -2.47. The zero-order valence-electron chi connectivity index (χ0n) is 17.1. The van der Waals surface area contributed by atoms with Crippen molar-refractivity contribution >= 4 is 49.9 Å². The average Bonchev–Trinajstić information content (AvgIpc) is 3.51. The highest BCUT2D eigenvalue weighted by atomic mass is 35.5. The van der Waals surface area contributed by atoms with Gasteiger partial charge < -0.3 is 10.2 Å². The lowest BCUT2D eigenvalue weighted by atomic mass is 9.99. The van der Waals surface area contributed by atoms with Crippen molar-refractivity contribution in [2.45, 2.75) is 43.8 Å². The fourth-order valence-corrected chi connectivity index (χ4v) is 6.64. The highest BCUT2D eigenvalue weighted by Crippen LogP contribution is 2.36. The molecule has 2 aliphatic heterocycles. The molecule has 4 aromatic rings. The molecule has 0 aliphatic carbocycles. The molecule has 8 nitrogen and oxygen atoms in total. The van der Waals surface area contributed by atoms with E-state index in [0.717, 1.165) is 33.8 Å². The van der Waals surface area contributed by atoms with E-state index in [1.165, 1.54) is 45.7 Å². The number of pyridine rings is 1. The topological polar surface area (TPSA) is 80.9 Å². The van der Waals surface area contributed by atoms with Gasteiger partial charge in [0.15, 0.2) is 25.7 Å². The number of nitrogens with zero attached hydrogens (tertiary/aromatic N) is 6. The number of aromatic nitrogens is 5. The summed E-state index contributed by atoms with van der Waals surface area (Å²) >= 11 is 2.97. The molecule has 168 valence electrons. The maximum atomic E-state index is 13.2. The third-order valence-corrected chi connectivity index (χ3v) is 8.29. The summed E-state index contributed by atoms with van der Waals surface area (Å²) in [5.74, 6) is -0.451. The minimum Gasteiger partial charge on any atom is -0.348 e. The molecule has 2 fully saturated rings. The molecule has 2 bridgehead atoms. The van der Waals surface area contributed by atoms with Crippen LogP contribution in [0.5, 0.6) is 0 Å². The summed E-state index contributed by atoms with van der Waals surface area (Å²) < 4.78 is 16.0. The number of rotatable bonds is 4. The SMILES string of the molecule is CN(c1nc2sc(-n3ccc(-n4cc(F)cn4)cc3=O)nc2s1)C1C[C@H]2CC[C@@H](C1)N2.Cl. The predicted octanol–water partition coefficient (Wildman–Crippen LogP) is 3.37. The molecule has 1 unspecified atom stereocenters. The Morgan fingerprint density at radius 3 is 2.59 bits per heavy atom. The van der Waals surface area contributed by atoms with E-state index >= 15 is 0 Å². The van der Waals surface area contributed by atoms with Crippen LogP contribution >= 0.6 is 35.1 Å². The Hall–Kier alpha value is -2.34. The highest BCUT2D eigenvalue weighted by Gasteiger charge is 2.36. The maximum absolute atomic E-state index is 13.2. The summed E-state index contributed by atoms with van der Waals surface area (Å²) in [6.07, 6.45) is 8.83. The Balaban J connectivity index is 0.00000216. The van der Waals surface area contributed by atoms with Crippen LogP contribution in [0.3, 0.4) is 0 Å². The number of fused-ring (bicyclic) bond motifs is 3. The first-order chi connectivity index (χ1) is 15.0. The van der Waals surface area contributed by atoms with E-state index in [-0.39, 0.29) is 18.0 Å². The van der Waals surface area contributed by atoms with Crippen LogP contribution in [0.15, 0.2) is 35.5 Å². The summed E-state index contributed by atoms with van der Waals surface area (Å²) in [6, 6.07) is 4.89. The quantitative estimate of drug-likeness (QED) is 0.469. The van der Waals surface area contributed by atoms with Gasteiger partial charge in [0, 0.05) is 37.4 Å². The second kappa shape index (κ2) is 8.22. The summed E-state index contributed by atoms with van der Waals surface area (Å²) in [7, 11) is 2.13. The molecular weight excluding hydrogens is 473 g/mol. The normalized spacial score (nSPS) is 22.2. The van der Waals surface area contributed by atoms with E-state index in [1.807, 2.05) is 0 Å². The number of nitrogens with one attached hydrogen (secondary N) is 1. The molecule has 0 amide bonds. The smallest absolute Gasteiger partial charge is 0.259 e. The number of thiazole rings is 2. The Kier molecular flexibility index (Phi) is 5.52. The molecule has 3 atom stereocenters. The second-order valence-corrected chi connectivity index (χ2v) is 10.1. The van der Waals surface area contributed by atoms with Gasteiger partial charge in [0.2, 0.25) is 0 Å². The number of anilines is 1. The molecule has 2 saturated heterocycles. The molecular formula is C20H21ClFN7OS2. The maximum Gasteiger partial charge on any atom is 0.259 e. The van der Waals surface area contributed by atoms with Gasteiger partial charge in [0.1, 0.15) is 0 Å². The van der Waals surface area contributed by atoms with Crippen molar-refractivity contribution in [1.29, 1.82) is 0 Å². The molecule has 2 aliphatic rings. The van der Waals surface area contributed by atoms with Crippen LogP contribution in [0.1, 0.15) is 25.7 Å². The molecule has 6 heterocycles. The van der Waals surface area contributed by atoms with Crippen LogP contribution in [0, 0.1) is 5.82 Å². The van der Waals surface area contributed by atoms with E-state index in [4.69, 9.17) is 4.98 Å². The van der Waals surface area contributed by atoms with Crippen molar-refractivity contribution in [2.75, 3.05) is 11.9 Å². The van der Waals surface area contributed by atoms with Crippen LogP contribution in [0.4, 0.5) is 9.52 Å². The number of piperidine rings is 1. The van der Waals surface area contributed by atoms with Crippen molar-refractivity contribution in [1.82, 2.24) is 29.6 Å². The molecule has 32 heavy (non-hydrogen) atoms. The Labute approximate surface area is 197 Å². The van der Waals surface area contributed by atoms with Gasteiger partial charge in [-0.25, -0.2) is 19.0 Å². The Bertz CT molecular complexity index is 1290. The fourth-order valence-electron chi connectivity index (χ4n) is 4.59. The van der Waals surface area contributed by atoms with E-state index in [0.29, 0.717) is 28.9 Å². The Morgan fingerprint density at radius 2 is 1.94 bits per heavy atom. The summed E-state index contributed by atoms with van der Waals surface area (Å²) in [4.78, 5) is 26.1. The van der Waals surface area contributed by atoms with Crippen LogP contribution in [0.25, 0.3) is 20.5 Å². The van der Waals surface area contributed by atoms with Gasteiger partial charge in [-0.1, -0.05) is 22.7 Å².